The van der Waals surface area contributed by atoms with Gasteiger partial charge in [0.15, 0.2) is 11.5 Å². The van der Waals surface area contributed by atoms with Crippen LogP contribution in [0, 0.1) is 0 Å². The summed E-state index contributed by atoms with van der Waals surface area (Å²) in [6, 6.07) is 16.2. The van der Waals surface area contributed by atoms with E-state index in [0.29, 0.717) is 18.3 Å². The van der Waals surface area contributed by atoms with Gasteiger partial charge in [-0.3, -0.25) is 9.69 Å². The van der Waals surface area contributed by atoms with Crippen LogP contribution in [0.1, 0.15) is 24.4 Å². The van der Waals surface area contributed by atoms with Crippen molar-refractivity contribution < 1.29 is 14.3 Å². The van der Waals surface area contributed by atoms with Crippen LogP contribution in [-0.2, 0) is 4.79 Å². The van der Waals surface area contributed by atoms with Gasteiger partial charge in [0.1, 0.15) is 0 Å². The highest BCUT2D eigenvalue weighted by molar-refractivity contribution is 5.92. The molecule has 1 saturated heterocycles. The summed E-state index contributed by atoms with van der Waals surface area (Å²) in [5, 5.41) is 2.95. The molecule has 2 aromatic rings. The van der Waals surface area contributed by atoms with Crippen LogP contribution >= 0.6 is 0 Å². The second-order valence-electron chi connectivity index (χ2n) is 6.16. The Hall–Kier alpha value is -2.53. The number of anilines is 1. The summed E-state index contributed by atoms with van der Waals surface area (Å²) in [6.07, 6.45) is 2.22. The summed E-state index contributed by atoms with van der Waals surface area (Å²) in [5.74, 6) is 1.39. The van der Waals surface area contributed by atoms with E-state index in [1.165, 1.54) is 5.56 Å². The maximum atomic E-state index is 12.4. The molecular formula is C19H20N2O3. The molecule has 0 bridgehead atoms. The number of ether oxygens (including phenoxy) is 2. The van der Waals surface area contributed by atoms with Gasteiger partial charge in [0.2, 0.25) is 12.7 Å². The third kappa shape index (κ3) is 3.08. The molecule has 2 heterocycles. The first-order valence-corrected chi connectivity index (χ1v) is 8.28. The van der Waals surface area contributed by atoms with Gasteiger partial charge in [-0.2, -0.15) is 0 Å². The molecule has 0 radical (unpaired) electrons. The zero-order valence-electron chi connectivity index (χ0n) is 13.4. The Morgan fingerprint density at radius 1 is 1.12 bits per heavy atom. The first-order chi connectivity index (χ1) is 11.8. The smallest absolute Gasteiger partial charge is 0.238 e. The molecule has 0 saturated carbocycles. The summed E-state index contributed by atoms with van der Waals surface area (Å²) < 4.78 is 10.6. The maximum absolute atomic E-state index is 12.4. The summed E-state index contributed by atoms with van der Waals surface area (Å²) in [6.45, 7) is 1.58. The second kappa shape index (κ2) is 6.53. The molecule has 5 heteroatoms. The van der Waals surface area contributed by atoms with Crippen molar-refractivity contribution in [1.82, 2.24) is 4.90 Å². The van der Waals surface area contributed by atoms with Gasteiger partial charge in [-0.25, -0.2) is 0 Å². The van der Waals surface area contributed by atoms with E-state index in [4.69, 9.17) is 9.47 Å². The van der Waals surface area contributed by atoms with Crippen LogP contribution in [0.15, 0.2) is 48.5 Å². The number of carbonyl (C=O) groups excluding carboxylic acids is 1. The summed E-state index contributed by atoms with van der Waals surface area (Å²) in [7, 11) is 0. The van der Waals surface area contributed by atoms with Crippen LogP contribution in [0.25, 0.3) is 0 Å². The second-order valence-corrected chi connectivity index (χ2v) is 6.16. The van der Waals surface area contributed by atoms with Gasteiger partial charge < -0.3 is 14.8 Å². The van der Waals surface area contributed by atoms with Gasteiger partial charge in [-0.1, -0.05) is 30.3 Å². The quantitative estimate of drug-likeness (QED) is 0.938. The average molecular weight is 324 g/mol. The van der Waals surface area contributed by atoms with E-state index in [1.807, 2.05) is 18.2 Å². The molecule has 124 valence electrons. The van der Waals surface area contributed by atoms with Crippen molar-refractivity contribution in [2.24, 2.45) is 0 Å². The number of amides is 1. The third-order valence-corrected chi connectivity index (χ3v) is 4.55. The molecule has 0 spiro atoms. The van der Waals surface area contributed by atoms with E-state index >= 15 is 0 Å². The molecule has 1 N–H and O–H groups in total. The molecular weight excluding hydrogens is 304 g/mol. The molecule has 2 aromatic carbocycles. The molecule has 0 aliphatic carbocycles. The fourth-order valence-corrected chi connectivity index (χ4v) is 3.43. The molecule has 5 nitrogen and oxygen atoms in total. The largest absolute Gasteiger partial charge is 0.454 e. The van der Waals surface area contributed by atoms with Gasteiger partial charge in [0.25, 0.3) is 0 Å². The highest BCUT2D eigenvalue weighted by Gasteiger charge is 2.27. The molecule has 1 amide bonds. The molecule has 2 aliphatic rings. The van der Waals surface area contributed by atoms with Gasteiger partial charge in [0.05, 0.1) is 6.54 Å². The van der Waals surface area contributed by atoms with E-state index in [-0.39, 0.29) is 12.7 Å². The van der Waals surface area contributed by atoms with E-state index in [0.717, 1.165) is 30.8 Å². The zero-order valence-corrected chi connectivity index (χ0v) is 13.4. The van der Waals surface area contributed by atoms with Crippen molar-refractivity contribution in [1.29, 1.82) is 0 Å². The predicted octanol–water partition coefficient (Wildman–Crippen LogP) is 3.19. The van der Waals surface area contributed by atoms with Crippen molar-refractivity contribution in [2.75, 3.05) is 25.2 Å². The molecule has 2 aliphatic heterocycles. The monoisotopic (exact) mass is 324 g/mol. The van der Waals surface area contributed by atoms with Crippen molar-refractivity contribution in [2.45, 2.75) is 18.9 Å². The Kier molecular flexibility index (Phi) is 4.09. The minimum Gasteiger partial charge on any atom is -0.454 e. The van der Waals surface area contributed by atoms with E-state index in [2.05, 4.69) is 34.5 Å². The Morgan fingerprint density at radius 3 is 2.83 bits per heavy atom. The maximum Gasteiger partial charge on any atom is 0.238 e. The molecule has 1 atom stereocenters. The zero-order chi connectivity index (χ0) is 16.4. The molecule has 1 unspecified atom stereocenters. The lowest BCUT2D eigenvalue weighted by molar-refractivity contribution is -0.117. The SMILES string of the molecule is O=C(CN1CCCC1c1ccccc1)Nc1ccc2c(c1)OCO2. The molecule has 24 heavy (non-hydrogen) atoms. The van der Waals surface area contributed by atoms with Crippen LogP contribution in [-0.4, -0.2) is 30.7 Å². The van der Waals surface area contributed by atoms with Gasteiger partial charge in [0, 0.05) is 17.8 Å². The van der Waals surface area contributed by atoms with Crippen LogP contribution in [0.4, 0.5) is 5.69 Å². The lowest BCUT2D eigenvalue weighted by Crippen LogP contribution is -2.32. The predicted molar refractivity (Wildman–Crippen MR) is 91.2 cm³/mol. The lowest BCUT2D eigenvalue weighted by atomic mass is 10.0. The standard InChI is InChI=1S/C19H20N2O3/c22-19(20-15-8-9-17-18(11-15)24-13-23-17)12-21-10-4-7-16(21)14-5-2-1-3-6-14/h1-3,5-6,8-9,11,16H,4,7,10,12-13H2,(H,20,22). The highest BCUT2D eigenvalue weighted by Crippen LogP contribution is 2.34. The lowest BCUT2D eigenvalue weighted by Gasteiger charge is -2.24. The Balaban J connectivity index is 1.40. The topological polar surface area (TPSA) is 50.8 Å². The summed E-state index contributed by atoms with van der Waals surface area (Å²) in [5.41, 5.74) is 2.02. The van der Waals surface area contributed by atoms with Crippen molar-refractivity contribution in [3.05, 3.63) is 54.1 Å². The number of nitrogens with zero attached hydrogens (tertiary/aromatic N) is 1. The number of nitrogens with one attached hydrogen (secondary N) is 1. The van der Waals surface area contributed by atoms with Crippen molar-refractivity contribution in [3.63, 3.8) is 0 Å². The van der Waals surface area contributed by atoms with Crippen LogP contribution in [0.5, 0.6) is 11.5 Å². The van der Waals surface area contributed by atoms with Crippen molar-refractivity contribution >= 4 is 11.6 Å². The fraction of sp³-hybridized carbons (Fsp3) is 0.316. The molecule has 1 fully saturated rings. The third-order valence-electron chi connectivity index (χ3n) is 4.55. The number of hydrogen-bond acceptors (Lipinski definition) is 4. The first-order valence-electron chi connectivity index (χ1n) is 8.28. The average Bonchev–Trinajstić information content (AvgIpc) is 3.24. The Bertz CT molecular complexity index is 733. The van der Waals surface area contributed by atoms with Gasteiger partial charge >= 0.3 is 0 Å². The number of fused-ring (bicyclic) bond motifs is 1. The number of hydrogen-bond donors (Lipinski definition) is 1. The van der Waals surface area contributed by atoms with Crippen LogP contribution in [0.2, 0.25) is 0 Å². The van der Waals surface area contributed by atoms with Gasteiger partial charge in [-0.15, -0.1) is 0 Å². The summed E-state index contributed by atoms with van der Waals surface area (Å²) in [4.78, 5) is 14.7. The van der Waals surface area contributed by atoms with Crippen LogP contribution in [0.3, 0.4) is 0 Å². The number of carbonyl (C=O) groups is 1. The van der Waals surface area contributed by atoms with E-state index in [1.54, 1.807) is 6.07 Å². The molecule has 0 aromatic heterocycles. The van der Waals surface area contributed by atoms with Crippen LogP contribution < -0.4 is 14.8 Å². The van der Waals surface area contributed by atoms with E-state index in [9.17, 15) is 4.79 Å². The first kappa shape index (κ1) is 15.0. The highest BCUT2D eigenvalue weighted by atomic mass is 16.7. The summed E-state index contributed by atoms with van der Waals surface area (Å²) >= 11 is 0. The Morgan fingerprint density at radius 2 is 1.96 bits per heavy atom. The minimum absolute atomic E-state index is 0.00306. The number of likely N-dealkylation sites (tertiary alicyclic amines) is 1. The van der Waals surface area contributed by atoms with Gasteiger partial charge in [-0.05, 0) is 37.1 Å². The number of rotatable bonds is 4. The molecule has 4 rings (SSSR count). The van der Waals surface area contributed by atoms with E-state index < -0.39 is 0 Å². The number of benzene rings is 2. The van der Waals surface area contributed by atoms with Crippen molar-refractivity contribution in [3.8, 4) is 11.5 Å². The normalized spacial score (nSPS) is 19.4. The Labute approximate surface area is 141 Å². The minimum atomic E-state index is -0.00306. The fourth-order valence-electron chi connectivity index (χ4n) is 3.43.